The SMILES string of the molecule is COC(=CC=Cc1cc2cc(Cl)c(Cl)cc2[nH]1)C(=O)NCCCN1CCN(c2ccccc2OC)CC1. The quantitative estimate of drug-likeness (QED) is 0.156. The van der Waals surface area contributed by atoms with Crippen molar-refractivity contribution in [1.29, 1.82) is 0 Å². The second-order valence-electron chi connectivity index (χ2n) is 8.78. The van der Waals surface area contributed by atoms with E-state index in [0.717, 1.165) is 67.2 Å². The number of fused-ring (bicyclic) bond motifs is 1. The first-order valence-electron chi connectivity index (χ1n) is 12.3. The molecule has 2 heterocycles. The molecule has 2 aromatic carbocycles. The molecule has 0 aliphatic carbocycles. The van der Waals surface area contributed by atoms with Crippen molar-refractivity contribution in [3.8, 4) is 5.75 Å². The van der Waals surface area contributed by atoms with Gasteiger partial charge >= 0.3 is 0 Å². The molecule has 1 aliphatic rings. The smallest absolute Gasteiger partial charge is 0.286 e. The number of carbonyl (C=O) groups is 1. The monoisotopic (exact) mass is 542 g/mol. The third kappa shape index (κ3) is 7.01. The van der Waals surface area contributed by atoms with Crippen molar-refractivity contribution in [2.24, 2.45) is 0 Å². The Kier molecular flexibility index (Phi) is 9.39. The van der Waals surface area contributed by atoms with E-state index in [-0.39, 0.29) is 11.7 Å². The number of carbonyl (C=O) groups excluding carboxylic acids is 1. The summed E-state index contributed by atoms with van der Waals surface area (Å²) in [6.45, 7) is 5.37. The van der Waals surface area contributed by atoms with Crippen LogP contribution in [0.25, 0.3) is 17.0 Å². The Morgan fingerprint density at radius 3 is 2.59 bits per heavy atom. The van der Waals surface area contributed by atoms with Gasteiger partial charge in [-0.3, -0.25) is 9.69 Å². The van der Waals surface area contributed by atoms with Gasteiger partial charge in [0.1, 0.15) is 5.75 Å². The zero-order chi connectivity index (χ0) is 26.2. The number of nitrogens with one attached hydrogen (secondary N) is 2. The minimum Gasteiger partial charge on any atom is -0.495 e. The van der Waals surface area contributed by atoms with E-state index in [1.165, 1.54) is 7.11 Å². The van der Waals surface area contributed by atoms with Crippen molar-refractivity contribution in [2.45, 2.75) is 6.42 Å². The van der Waals surface area contributed by atoms with E-state index in [0.29, 0.717) is 16.6 Å². The van der Waals surface area contributed by atoms with E-state index in [4.69, 9.17) is 32.7 Å². The topological polar surface area (TPSA) is 69.8 Å². The number of aromatic amines is 1. The lowest BCUT2D eigenvalue weighted by atomic mass is 10.2. The van der Waals surface area contributed by atoms with Gasteiger partial charge in [-0.25, -0.2) is 0 Å². The number of methoxy groups -OCH3 is 2. The number of hydrogen-bond acceptors (Lipinski definition) is 5. The number of para-hydroxylation sites is 2. The standard InChI is InChI=1S/C28H32Cl2N4O3/c1-36-26-9-4-3-8-25(26)34-15-13-33(14-16-34)12-6-11-31-28(35)27(37-2)10-5-7-21-17-20-18-22(29)23(30)19-24(20)32-21/h3-5,7-10,17-19,32H,6,11-16H2,1-2H3,(H,31,35). The summed E-state index contributed by atoms with van der Waals surface area (Å²) < 4.78 is 10.8. The van der Waals surface area contributed by atoms with Crippen LogP contribution in [-0.2, 0) is 9.53 Å². The molecule has 0 spiro atoms. The van der Waals surface area contributed by atoms with Crippen LogP contribution in [0.15, 0.2) is 60.4 Å². The summed E-state index contributed by atoms with van der Waals surface area (Å²) in [4.78, 5) is 20.6. The highest BCUT2D eigenvalue weighted by Crippen LogP contribution is 2.29. The minimum atomic E-state index is -0.233. The number of piperazine rings is 1. The van der Waals surface area contributed by atoms with Crippen molar-refractivity contribution in [3.63, 3.8) is 0 Å². The molecule has 0 unspecified atom stereocenters. The van der Waals surface area contributed by atoms with Gasteiger partial charge in [-0.1, -0.05) is 41.4 Å². The zero-order valence-corrected chi connectivity index (χ0v) is 22.6. The summed E-state index contributed by atoms with van der Waals surface area (Å²) in [6.07, 6.45) is 6.15. The molecule has 0 saturated carbocycles. The molecule has 1 amide bonds. The number of nitrogens with zero attached hydrogens (tertiary/aromatic N) is 2. The maximum absolute atomic E-state index is 12.5. The highest BCUT2D eigenvalue weighted by atomic mass is 35.5. The molecule has 1 aliphatic heterocycles. The summed E-state index contributed by atoms with van der Waals surface area (Å²) in [5.74, 6) is 0.930. The predicted molar refractivity (Wildman–Crippen MR) is 152 cm³/mol. The molecular weight excluding hydrogens is 511 g/mol. The fourth-order valence-corrected chi connectivity index (χ4v) is 4.75. The molecule has 9 heteroatoms. The number of ether oxygens (including phenoxy) is 2. The Hall–Kier alpha value is -3.13. The summed E-state index contributed by atoms with van der Waals surface area (Å²) in [5, 5.41) is 4.92. The van der Waals surface area contributed by atoms with E-state index < -0.39 is 0 Å². The van der Waals surface area contributed by atoms with Crippen LogP contribution in [0.1, 0.15) is 12.1 Å². The van der Waals surface area contributed by atoms with Crippen LogP contribution in [0.5, 0.6) is 5.75 Å². The molecule has 1 fully saturated rings. The van der Waals surface area contributed by atoms with E-state index in [2.05, 4.69) is 26.2 Å². The van der Waals surface area contributed by atoms with Gasteiger partial charge in [0.25, 0.3) is 5.91 Å². The molecule has 7 nitrogen and oxygen atoms in total. The number of benzene rings is 2. The lowest BCUT2D eigenvalue weighted by Crippen LogP contribution is -2.47. The summed E-state index contributed by atoms with van der Waals surface area (Å²) in [7, 11) is 3.20. The van der Waals surface area contributed by atoms with Gasteiger partial charge in [-0.05, 0) is 55.4 Å². The van der Waals surface area contributed by atoms with Gasteiger partial charge < -0.3 is 24.7 Å². The summed E-state index contributed by atoms with van der Waals surface area (Å²) in [6, 6.07) is 13.7. The van der Waals surface area contributed by atoms with E-state index in [1.54, 1.807) is 25.3 Å². The average Bonchev–Trinajstić information content (AvgIpc) is 3.30. The third-order valence-electron chi connectivity index (χ3n) is 6.38. The zero-order valence-electron chi connectivity index (χ0n) is 21.1. The number of rotatable bonds is 10. The molecular formula is C28H32Cl2N4O3. The van der Waals surface area contributed by atoms with Crippen LogP contribution in [-0.4, -0.2) is 69.3 Å². The normalized spacial score (nSPS) is 14.9. The summed E-state index contributed by atoms with van der Waals surface area (Å²) >= 11 is 12.2. The minimum absolute atomic E-state index is 0.233. The average molecular weight is 543 g/mol. The van der Waals surface area contributed by atoms with Gasteiger partial charge in [-0.15, -0.1) is 0 Å². The molecule has 1 saturated heterocycles. The summed E-state index contributed by atoms with van der Waals surface area (Å²) in [5.41, 5.74) is 2.90. The molecule has 2 N–H and O–H groups in total. The lowest BCUT2D eigenvalue weighted by Gasteiger charge is -2.36. The molecule has 4 rings (SSSR count). The molecule has 3 aromatic rings. The Morgan fingerprint density at radius 1 is 1.08 bits per heavy atom. The molecule has 0 atom stereocenters. The van der Waals surface area contributed by atoms with Crippen LogP contribution >= 0.6 is 23.2 Å². The van der Waals surface area contributed by atoms with Crippen LogP contribution in [0.4, 0.5) is 5.69 Å². The van der Waals surface area contributed by atoms with Crippen molar-refractivity contribution >= 4 is 51.8 Å². The van der Waals surface area contributed by atoms with Gasteiger partial charge in [0, 0.05) is 49.3 Å². The van der Waals surface area contributed by atoms with E-state index in [1.807, 2.05) is 36.4 Å². The van der Waals surface area contributed by atoms with Gasteiger partial charge in [-0.2, -0.15) is 0 Å². The van der Waals surface area contributed by atoms with Crippen LogP contribution in [0.2, 0.25) is 10.0 Å². The van der Waals surface area contributed by atoms with E-state index >= 15 is 0 Å². The molecule has 196 valence electrons. The van der Waals surface area contributed by atoms with Crippen molar-refractivity contribution in [3.05, 3.63) is 76.1 Å². The number of aromatic nitrogens is 1. The largest absolute Gasteiger partial charge is 0.495 e. The molecule has 37 heavy (non-hydrogen) atoms. The molecule has 1 aromatic heterocycles. The maximum atomic E-state index is 12.5. The Balaban J connectivity index is 1.20. The molecule has 0 radical (unpaired) electrons. The van der Waals surface area contributed by atoms with Crippen molar-refractivity contribution in [2.75, 3.05) is 58.4 Å². The second kappa shape index (κ2) is 12.9. The van der Waals surface area contributed by atoms with Crippen LogP contribution < -0.4 is 15.0 Å². The lowest BCUT2D eigenvalue weighted by molar-refractivity contribution is -0.120. The van der Waals surface area contributed by atoms with E-state index in [9.17, 15) is 4.79 Å². The third-order valence-corrected chi connectivity index (χ3v) is 7.11. The number of halogens is 2. The maximum Gasteiger partial charge on any atom is 0.286 e. The fourth-order valence-electron chi connectivity index (χ4n) is 4.41. The molecule has 0 bridgehead atoms. The second-order valence-corrected chi connectivity index (χ2v) is 9.60. The van der Waals surface area contributed by atoms with Crippen molar-refractivity contribution in [1.82, 2.24) is 15.2 Å². The first-order chi connectivity index (χ1) is 18.0. The number of amides is 1. The number of allylic oxidation sites excluding steroid dienone is 2. The Bertz CT molecular complexity index is 1240. The number of hydrogen-bond donors (Lipinski definition) is 2. The van der Waals surface area contributed by atoms with Gasteiger partial charge in [0.05, 0.1) is 30.0 Å². The number of H-pyrrole nitrogens is 1. The predicted octanol–water partition coefficient (Wildman–Crippen LogP) is 5.36. The first-order valence-corrected chi connectivity index (χ1v) is 13.0. The first kappa shape index (κ1) is 26.9. The van der Waals surface area contributed by atoms with Gasteiger partial charge in [0.2, 0.25) is 0 Å². The highest BCUT2D eigenvalue weighted by Gasteiger charge is 2.19. The Morgan fingerprint density at radius 2 is 1.84 bits per heavy atom. The Labute approximate surface area is 227 Å². The number of anilines is 1. The van der Waals surface area contributed by atoms with Crippen LogP contribution in [0, 0.1) is 0 Å². The fraction of sp³-hybridized carbons (Fsp3) is 0.321. The highest BCUT2D eigenvalue weighted by molar-refractivity contribution is 6.42. The van der Waals surface area contributed by atoms with Gasteiger partial charge in [0.15, 0.2) is 5.76 Å². The van der Waals surface area contributed by atoms with Crippen LogP contribution in [0.3, 0.4) is 0 Å². The van der Waals surface area contributed by atoms with Crippen molar-refractivity contribution < 1.29 is 14.3 Å².